The molecular weight excluding hydrogens is 588 g/mol. The van der Waals surface area contributed by atoms with E-state index in [0.717, 1.165) is 49.6 Å². The van der Waals surface area contributed by atoms with Gasteiger partial charge in [-0.15, -0.1) is 0 Å². The van der Waals surface area contributed by atoms with E-state index in [0.29, 0.717) is 42.5 Å². The molecule has 1 saturated carbocycles. The summed E-state index contributed by atoms with van der Waals surface area (Å²) in [6.07, 6.45) is 9.87. The Hall–Kier alpha value is -4.42. The summed E-state index contributed by atoms with van der Waals surface area (Å²) in [7, 11) is 3.52. The number of nitrogens with one attached hydrogen (secondary N) is 1. The Balaban J connectivity index is 1.06. The van der Waals surface area contributed by atoms with E-state index in [1.54, 1.807) is 42.4 Å². The number of aromatic nitrogens is 4. The van der Waals surface area contributed by atoms with E-state index in [1.165, 1.54) is 0 Å². The van der Waals surface area contributed by atoms with E-state index in [-0.39, 0.29) is 30.1 Å². The van der Waals surface area contributed by atoms with Gasteiger partial charge in [0.1, 0.15) is 28.4 Å². The molecule has 3 saturated heterocycles. The number of hydrogen-bond acceptors (Lipinski definition) is 9. The van der Waals surface area contributed by atoms with Gasteiger partial charge in [0.15, 0.2) is 0 Å². The Morgan fingerprint density at radius 3 is 2.37 bits per heavy atom. The van der Waals surface area contributed by atoms with E-state index >= 15 is 0 Å². The maximum absolute atomic E-state index is 13.1. The van der Waals surface area contributed by atoms with Gasteiger partial charge in [-0.05, 0) is 64.7 Å². The molecule has 1 aliphatic carbocycles. The van der Waals surface area contributed by atoms with E-state index in [4.69, 9.17) is 14.5 Å². The molecule has 7 rings (SSSR count). The number of nitrogens with zero attached hydrogens (tertiary/aromatic N) is 7. The van der Waals surface area contributed by atoms with E-state index in [1.807, 2.05) is 37.8 Å². The van der Waals surface area contributed by atoms with Crippen molar-refractivity contribution in [3.63, 3.8) is 0 Å². The number of pyridine rings is 1. The smallest absolute Gasteiger partial charge is 0.415 e. The molecule has 1 unspecified atom stereocenters. The van der Waals surface area contributed by atoms with Crippen molar-refractivity contribution in [2.45, 2.75) is 101 Å². The van der Waals surface area contributed by atoms with E-state index < -0.39 is 17.3 Å². The Labute approximate surface area is 268 Å². The Kier molecular flexibility index (Phi) is 7.32. The monoisotopic (exact) mass is 630 g/mol. The fourth-order valence-corrected chi connectivity index (χ4v) is 7.68. The Morgan fingerprint density at radius 1 is 1.02 bits per heavy atom. The molecule has 3 aromatic heterocycles. The second kappa shape index (κ2) is 11.1. The summed E-state index contributed by atoms with van der Waals surface area (Å²) in [6, 6.07) is 5.67. The van der Waals surface area contributed by atoms with Gasteiger partial charge in [0.2, 0.25) is 5.95 Å². The first-order valence-electron chi connectivity index (χ1n) is 16.2. The molecule has 3 amide bonds. The number of carbonyl (C=O) groups excluding carboxylic acids is 3. The van der Waals surface area contributed by atoms with Crippen LogP contribution in [-0.4, -0.2) is 91.3 Å². The average Bonchev–Trinajstić information content (AvgIpc) is 3.77. The number of amides is 3. The van der Waals surface area contributed by atoms with Crippen molar-refractivity contribution in [3.05, 3.63) is 36.3 Å². The molecular formula is C33H42N8O5. The number of hydrogen-bond donors (Lipinski definition) is 1. The van der Waals surface area contributed by atoms with Gasteiger partial charge in [-0.2, -0.15) is 4.98 Å². The lowest BCUT2D eigenvalue weighted by Gasteiger charge is -2.43. The zero-order valence-corrected chi connectivity index (χ0v) is 27.2. The van der Waals surface area contributed by atoms with Crippen LogP contribution in [-0.2, 0) is 9.47 Å². The number of fused-ring (bicyclic) bond motifs is 3. The Morgan fingerprint density at radius 2 is 1.74 bits per heavy atom. The van der Waals surface area contributed by atoms with Crippen molar-refractivity contribution in [2.75, 3.05) is 30.9 Å². The number of carbonyl (C=O) groups is 3. The number of piperidine rings is 1. The van der Waals surface area contributed by atoms with Crippen LogP contribution in [0.4, 0.5) is 27.0 Å². The van der Waals surface area contributed by atoms with Gasteiger partial charge in [-0.25, -0.2) is 19.6 Å². The van der Waals surface area contributed by atoms with Gasteiger partial charge in [0.25, 0.3) is 5.91 Å². The highest BCUT2D eigenvalue weighted by molar-refractivity contribution is 5.98. The standard InChI is InChI=1S/C33H42N8O5/c1-32(2,3)45-31(44)40-22-10-11-23(40)16-33(15-22)19-39(30(43)46-33)24-12-13-26(34-18-24)36-29-35-17-20-14-25(28(42)38(4)5)41(27(20)37-29)21-8-6-7-9-21/h12-14,17-18,21-23H,6-11,15-16,19H2,1-5H3,(H,34,35,36,37)/t22-,23+,33?. The largest absolute Gasteiger partial charge is 0.444 e. The maximum atomic E-state index is 13.1. The lowest BCUT2D eigenvalue weighted by atomic mass is 9.86. The molecule has 3 aromatic rings. The van der Waals surface area contributed by atoms with Crippen LogP contribution in [0.15, 0.2) is 30.6 Å². The molecule has 244 valence electrons. The molecule has 0 radical (unpaired) electrons. The molecule has 1 N–H and O–H groups in total. The van der Waals surface area contributed by atoms with E-state index in [2.05, 4.69) is 19.9 Å². The first-order valence-corrected chi connectivity index (χ1v) is 16.2. The van der Waals surface area contributed by atoms with Crippen LogP contribution in [0.25, 0.3) is 11.0 Å². The van der Waals surface area contributed by atoms with Gasteiger partial charge in [0.05, 0.1) is 18.4 Å². The predicted molar refractivity (Wildman–Crippen MR) is 171 cm³/mol. The molecule has 0 aromatic carbocycles. The van der Waals surface area contributed by atoms with Gasteiger partial charge in [0, 0.05) is 56.6 Å². The molecule has 1 spiro atoms. The number of ether oxygens (including phenoxy) is 2. The highest BCUT2D eigenvalue weighted by Gasteiger charge is 2.57. The Bertz CT molecular complexity index is 1660. The maximum Gasteiger partial charge on any atom is 0.415 e. The molecule has 3 atom stereocenters. The van der Waals surface area contributed by atoms with Crippen molar-refractivity contribution >= 4 is 46.6 Å². The van der Waals surface area contributed by atoms with Crippen LogP contribution in [0.2, 0.25) is 0 Å². The lowest BCUT2D eigenvalue weighted by Crippen LogP contribution is -2.55. The SMILES string of the molecule is CN(C)C(=O)c1cc2cnc(Nc3ccc(N4CC5(C[C@H]6CC[C@@H](C5)N6C(=O)OC(C)(C)C)OC4=O)cn3)nc2n1C1CCCC1. The third kappa shape index (κ3) is 5.49. The number of anilines is 3. The van der Waals surface area contributed by atoms with Gasteiger partial charge in [-0.1, -0.05) is 12.8 Å². The van der Waals surface area contributed by atoms with Crippen LogP contribution in [0.1, 0.15) is 88.7 Å². The molecule has 2 bridgehead atoms. The summed E-state index contributed by atoms with van der Waals surface area (Å²) >= 11 is 0. The lowest BCUT2D eigenvalue weighted by molar-refractivity contribution is -0.0424. The number of rotatable bonds is 5. The third-order valence-electron chi connectivity index (χ3n) is 9.60. The van der Waals surface area contributed by atoms with Crippen molar-refractivity contribution < 1.29 is 23.9 Å². The average molecular weight is 631 g/mol. The first-order chi connectivity index (χ1) is 21.9. The fourth-order valence-electron chi connectivity index (χ4n) is 7.68. The second-order valence-corrected chi connectivity index (χ2v) is 14.4. The highest BCUT2D eigenvalue weighted by atomic mass is 16.6. The van der Waals surface area contributed by atoms with Crippen LogP contribution in [0, 0.1) is 0 Å². The zero-order chi connectivity index (χ0) is 32.4. The predicted octanol–water partition coefficient (Wildman–Crippen LogP) is 5.64. The minimum atomic E-state index is -0.650. The van der Waals surface area contributed by atoms with Crippen molar-refractivity contribution in [1.82, 2.24) is 29.3 Å². The summed E-state index contributed by atoms with van der Waals surface area (Å²) in [4.78, 5) is 58.0. The van der Waals surface area contributed by atoms with Gasteiger partial charge >= 0.3 is 12.2 Å². The molecule has 4 fully saturated rings. The molecule has 13 heteroatoms. The van der Waals surface area contributed by atoms with Crippen molar-refractivity contribution in [3.8, 4) is 0 Å². The molecule has 13 nitrogen and oxygen atoms in total. The summed E-state index contributed by atoms with van der Waals surface area (Å²) in [6.45, 7) is 6.02. The summed E-state index contributed by atoms with van der Waals surface area (Å²) in [5.41, 5.74) is 0.768. The summed E-state index contributed by atoms with van der Waals surface area (Å²) < 4.78 is 13.8. The summed E-state index contributed by atoms with van der Waals surface area (Å²) in [5.74, 6) is 0.846. The minimum Gasteiger partial charge on any atom is -0.444 e. The molecule has 3 aliphatic heterocycles. The van der Waals surface area contributed by atoms with Crippen molar-refractivity contribution in [2.24, 2.45) is 0 Å². The van der Waals surface area contributed by atoms with Crippen LogP contribution >= 0.6 is 0 Å². The third-order valence-corrected chi connectivity index (χ3v) is 9.60. The highest BCUT2D eigenvalue weighted by Crippen LogP contribution is 2.46. The quantitative estimate of drug-likeness (QED) is 0.380. The van der Waals surface area contributed by atoms with Crippen LogP contribution in [0.5, 0.6) is 0 Å². The van der Waals surface area contributed by atoms with Crippen LogP contribution in [0.3, 0.4) is 0 Å². The fraction of sp³-hybridized carbons (Fsp3) is 0.576. The zero-order valence-electron chi connectivity index (χ0n) is 27.2. The minimum absolute atomic E-state index is 0.0183. The molecule has 6 heterocycles. The molecule has 4 aliphatic rings. The van der Waals surface area contributed by atoms with Gasteiger partial charge in [-0.3, -0.25) is 9.69 Å². The second-order valence-electron chi connectivity index (χ2n) is 14.4. The first kappa shape index (κ1) is 30.2. The topological polar surface area (TPSA) is 135 Å². The summed E-state index contributed by atoms with van der Waals surface area (Å²) in [5, 5.41) is 4.00. The van der Waals surface area contributed by atoms with Crippen LogP contribution < -0.4 is 10.2 Å². The normalized spacial score (nSPS) is 24.6. The molecule has 46 heavy (non-hydrogen) atoms. The van der Waals surface area contributed by atoms with Gasteiger partial charge < -0.3 is 29.2 Å². The van der Waals surface area contributed by atoms with E-state index in [9.17, 15) is 14.4 Å². The van der Waals surface area contributed by atoms with Crippen molar-refractivity contribution in [1.29, 1.82) is 0 Å².